The summed E-state index contributed by atoms with van der Waals surface area (Å²) in [5.74, 6) is -0.375. The first kappa shape index (κ1) is 17.3. The lowest BCUT2D eigenvalue weighted by atomic mass is 9.95. The van der Waals surface area contributed by atoms with E-state index in [1.165, 1.54) is 18.2 Å². The molecule has 1 aromatic rings. The number of hydrogen-bond donors (Lipinski definition) is 1. The summed E-state index contributed by atoms with van der Waals surface area (Å²) >= 11 is 5.84. The minimum atomic E-state index is -3.93. The zero-order valence-corrected chi connectivity index (χ0v) is 13.9. The summed E-state index contributed by atoms with van der Waals surface area (Å²) in [6.45, 7) is 5.86. The third kappa shape index (κ3) is 4.36. The quantitative estimate of drug-likeness (QED) is 0.835. The number of halogens is 2. The van der Waals surface area contributed by atoms with Crippen LogP contribution in [0.1, 0.15) is 44.0 Å². The van der Waals surface area contributed by atoms with Crippen molar-refractivity contribution in [1.29, 1.82) is 0 Å². The van der Waals surface area contributed by atoms with Crippen molar-refractivity contribution in [3.8, 4) is 0 Å². The number of carbonyl (C=O) groups excluding carboxylic acids is 1. The number of carbonyl (C=O) groups is 1. The van der Waals surface area contributed by atoms with Crippen molar-refractivity contribution < 1.29 is 13.2 Å². The largest absolute Gasteiger partial charge is 0.347 e. The van der Waals surface area contributed by atoms with Crippen LogP contribution >= 0.6 is 22.3 Å². The minimum Gasteiger partial charge on any atom is -0.347 e. The topological polar surface area (TPSA) is 63.2 Å². The fourth-order valence-electron chi connectivity index (χ4n) is 1.61. The highest BCUT2D eigenvalue weighted by atomic mass is 35.7. The Hall–Kier alpha value is -0.780. The summed E-state index contributed by atoms with van der Waals surface area (Å²) in [5.41, 5.74) is -0.177. The molecular weight excluding hydrogens is 321 g/mol. The van der Waals surface area contributed by atoms with E-state index in [0.29, 0.717) is 0 Å². The van der Waals surface area contributed by atoms with Gasteiger partial charge in [-0.3, -0.25) is 4.79 Å². The van der Waals surface area contributed by atoms with Crippen LogP contribution in [0, 0.1) is 0 Å². The molecule has 0 radical (unpaired) electrons. The molecule has 1 aromatic carbocycles. The molecule has 20 heavy (non-hydrogen) atoms. The predicted molar refractivity (Wildman–Crippen MR) is 80.9 cm³/mol. The zero-order valence-electron chi connectivity index (χ0n) is 11.5. The highest BCUT2D eigenvalue weighted by Gasteiger charge is 2.23. The molecule has 0 saturated heterocycles. The average Bonchev–Trinajstić information content (AvgIpc) is 2.36. The Labute approximate surface area is 128 Å². The van der Waals surface area contributed by atoms with E-state index in [1.807, 2.05) is 20.8 Å². The van der Waals surface area contributed by atoms with Crippen LogP contribution in [0.5, 0.6) is 0 Å². The van der Waals surface area contributed by atoms with Crippen molar-refractivity contribution in [2.24, 2.45) is 0 Å². The van der Waals surface area contributed by atoms with E-state index < -0.39 is 9.05 Å². The maximum absolute atomic E-state index is 12.2. The molecule has 1 N–H and O–H groups in total. The molecule has 0 heterocycles. The smallest absolute Gasteiger partial charge is 0.261 e. The van der Waals surface area contributed by atoms with E-state index in [4.69, 9.17) is 22.3 Å². The van der Waals surface area contributed by atoms with Crippen molar-refractivity contribution in [3.63, 3.8) is 0 Å². The first-order chi connectivity index (χ1) is 9.11. The second kappa shape index (κ2) is 6.33. The molecule has 0 aliphatic carbocycles. The van der Waals surface area contributed by atoms with Crippen LogP contribution in [0.2, 0.25) is 5.02 Å². The van der Waals surface area contributed by atoms with Crippen LogP contribution in [0.3, 0.4) is 0 Å². The minimum absolute atomic E-state index is 0.145. The van der Waals surface area contributed by atoms with Gasteiger partial charge in [0.1, 0.15) is 0 Å². The maximum Gasteiger partial charge on any atom is 0.261 e. The molecule has 0 aliphatic rings. The zero-order chi connectivity index (χ0) is 15.6. The van der Waals surface area contributed by atoms with Crippen molar-refractivity contribution in [2.45, 2.75) is 44.0 Å². The lowest BCUT2D eigenvalue weighted by Gasteiger charge is -2.28. The van der Waals surface area contributed by atoms with Gasteiger partial charge in [-0.05, 0) is 38.0 Å². The molecule has 4 nitrogen and oxygen atoms in total. The van der Waals surface area contributed by atoms with Crippen molar-refractivity contribution >= 4 is 37.2 Å². The highest BCUT2D eigenvalue weighted by molar-refractivity contribution is 8.13. The van der Waals surface area contributed by atoms with Gasteiger partial charge in [-0.25, -0.2) is 8.42 Å². The lowest BCUT2D eigenvalue weighted by Crippen LogP contribution is -2.44. The monoisotopic (exact) mass is 337 g/mol. The molecular formula is C13H17Cl2NO3S. The Morgan fingerprint density at radius 2 is 1.80 bits per heavy atom. The van der Waals surface area contributed by atoms with Gasteiger partial charge in [-0.1, -0.05) is 25.4 Å². The first-order valence-corrected chi connectivity index (χ1v) is 8.88. The van der Waals surface area contributed by atoms with E-state index in [2.05, 4.69) is 5.32 Å². The van der Waals surface area contributed by atoms with Crippen LogP contribution < -0.4 is 5.32 Å². The Kier molecular flexibility index (Phi) is 5.46. The van der Waals surface area contributed by atoms with Crippen molar-refractivity contribution in [1.82, 2.24) is 5.32 Å². The van der Waals surface area contributed by atoms with Gasteiger partial charge in [-0.15, -0.1) is 0 Å². The lowest BCUT2D eigenvalue weighted by molar-refractivity contribution is 0.0901. The second-order valence-electron chi connectivity index (χ2n) is 4.84. The number of rotatable bonds is 5. The van der Waals surface area contributed by atoms with Gasteiger partial charge in [0.15, 0.2) is 0 Å². The SMILES string of the molecule is CCC(C)(CC)NC(=O)c1cc(Cl)cc(S(=O)(=O)Cl)c1. The summed E-state index contributed by atoms with van der Waals surface area (Å²) in [7, 11) is 1.35. The standard InChI is InChI=1S/C13H17Cl2NO3S/c1-4-13(3,5-2)16-12(17)9-6-10(14)8-11(7-9)20(15,18)19/h6-8H,4-5H2,1-3H3,(H,16,17). The maximum atomic E-state index is 12.2. The van der Waals surface area contributed by atoms with Crippen LogP contribution in [0.15, 0.2) is 23.1 Å². The summed E-state index contributed by atoms with van der Waals surface area (Å²) in [6.07, 6.45) is 1.52. The van der Waals surface area contributed by atoms with Gasteiger partial charge in [-0.2, -0.15) is 0 Å². The molecule has 1 amide bonds. The molecule has 0 atom stereocenters. The van der Waals surface area contributed by atoms with Gasteiger partial charge < -0.3 is 5.32 Å². The molecule has 0 unspecified atom stereocenters. The van der Waals surface area contributed by atoms with E-state index in [1.54, 1.807) is 0 Å². The Morgan fingerprint density at radius 3 is 2.25 bits per heavy atom. The highest BCUT2D eigenvalue weighted by Crippen LogP contribution is 2.23. The molecule has 112 valence electrons. The molecule has 0 bridgehead atoms. The van der Waals surface area contributed by atoms with Crippen LogP contribution in [0.4, 0.5) is 0 Å². The predicted octanol–water partition coefficient (Wildman–Crippen LogP) is 3.58. The Bertz CT molecular complexity index is 610. The van der Waals surface area contributed by atoms with Crippen LogP contribution in [-0.2, 0) is 9.05 Å². The van der Waals surface area contributed by atoms with E-state index in [0.717, 1.165) is 12.8 Å². The third-order valence-electron chi connectivity index (χ3n) is 3.39. The fourth-order valence-corrected chi connectivity index (χ4v) is 2.71. The second-order valence-corrected chi connectivity index (χ2v) is 7.84. The molecule has 1 rings (SSSR count). The van der Waals surface area contributed by atoms with Crippen molar-refractivity contribution in [2.75, 3.05) is 0 Å². The summed E-state index contributed by atoms with van der Waals surface area (Å²) in [5, 5.41) is 3.02. The van der Waals surface area contributed by atoms with Gasteiger partial charge >= 0.3 is 0 Å². The number of hydrogen-bond acceptors (Lipinski definition) is 3. The van der Waals surface area contributed by atoms with Crippen molar-refractivity contribution in [3.05, 3.63) is 28.8 Å². The van der Waals surface area contributed by atoms with Crippen LogP contribution in [0.25, 0.3) is 0 Å². The van der Waals surface area contributed by atoms with E-state index in [-0.39, 0.29) is 26.9 Å². The third-order valence-corrected chi connectivity index (χ3v) is 4.94. The Balaban J connectivity index is 3.15. The van der Waals surface area contributed by atoms with E-state index >= 15 is 0 Å². The fraction of sp³-hybridized carbons (Fsp3) is 0.462. The molecule has 0 spiro atoms. The molecule has 0 aromatic heterocycles. The number of benzene rings is 1. The Morgan fingerprint density at radius 1 is 1.25 bits per heavy atom. The van der Waals surface area contributed by atoms with Gasteiger partial charge in [0.25, 0.3) is 15.0 Å². The summed E-state index contributed by atoms with van der Waals surface area (Å²) in [6, 6.07) is 3.84. The normalized spacial score (nSPS) is 12.2. The molecule has 7 heteroatoms. The summed E-state index contributed by atoms with van der Waals surface area (Å²) < 4.78 is 22.7. The molecule has 0 fully saturated rings. The molecule has 0 aliphatic heterocycles. The van der Waals surface area contributed by atoms with E-state index in [9.17, 15) is 13.2 Å². The average molecular weight is 338 g/mol. The number of amides is 1. The number of nitrogens with one attached hydrogen (secondary N) is 1. The molecule has 0 saturated carbocycles. The van der Waals surface area contributed by atoms with Gasteiger partial charge in [0.05, 0.1) is 4.90 Å². The van der Waals surface area contributed by atoms with Crippen LogP contribution in [-0.4, -0.2) is 19.9 Å². The first-order valence-electron chi connectivity index (χ1n) is 6.19. The summed E-state index contributed by atoms with van der Waals surface area (Å²) in [4.78, 5) is 12.0. The van der Waals surface area contributed by atoms with Gasteiger partial charge in [0.2, 0.25) is 0 Å². The van der Waals surface area contributed by atoms with Gasteiger partial charge in [0, 0.05) is 26.8 Å².